The molecular formula is C13H21NO2. The van der Waals surface area contributed by atoms with Crippen LogP contribution >= 0.6 is 0 Å². The Kier molecular flexibility index (Phi) is 3.66. The molecule has 0 bridgehead atoms. The van der Waals surface area contributed by atoms with Gasteiger partial charge < -0.3 is 14.5 Å². The number of methoxy groups -OCH3 is 1. The van der Waals surface area contributed by atoms with Crippen LogP contribution in [0.3, 0.4) is 0 Å². The number of nitrogens with one attached hydrogen (secondary N) is 1. The van der Waals surface area contributed by atoms with Gasteiger partial charge in [0, 0.05) is 20.1 Å². The fraction of sp³-hybridized carbons (Fsp3) is 0.692. The largest absolute Gasteiger partial charge is 0.465 e. The van der Waals surface area contributed by atoms with Crippen LogP contribution in [-0.4, -0.2) is 19.3 Å². The molecular weight excluding hydrogens is 202 g/mol. The smallest absolute Gasteiger partial charge is 0.117 e. The number of aryl methyl sites for hydroxylation is 1. The highest BCUT2D eigenvalue weighted by Crippen LogP contribution is 2.34. The van der Waals surface area contributed by atoms with Crippen LogP contribution < -0.4 is 5.32 Å². The molecule has 1 saturated carbocycles. The van der Waals surface area contributed by atoms with E-state index in [2.05, 4.69) is 12.2 Å². The van der Waals surface area contributed by atoms with Gasteiger partial charge in [-0.2, -0.15) is 0 Å². The standard InChI is InChI=1S/C13H21NO2/c1-3-11-5-6-12(16-11)9-14-10-13(15-2)7-4-8-13/h5-6,14H,3-4,7-10H2,1-2H3. The van der Waals surface area contributed by atoms with E-state index >= 15 is 0 Å². The third kappa shape index (κ3) is 2.47. The van der Waals surface area contributed by atoms with Crippen molar-refractivity contribution in [1.29, 1.82) is 0 Å². The van der Waals surface area contributed by atoms with Crippen LogP contribution in [0, 0.1) is 0 Å². The van der Waals surface area contributed by atoms with Crippen molar-refractivity contribution in [2.75, 3.05) is 13.7 Å². The molecule has 2 rings (SSSR count). The first-order chi connectivity index (χ1) is 7.78. The minimum absolute atomic E-state index is 0.0974. The fourth-order valence-corrected chi connectivity index (χ4v) is 2.15. The normalized spacial score (nSPS) is 18.4. The van der Waals surface area contributed by atoms with E-state index in [0.717, 1.165) is 31.0 Å². The molecule has 0 radical (unpaired) electrons. The maximum Gasteiger partial charge on any atom is 0.117 e. The van der Waals surface area contributed by atoms with Crippen molar-refractivity contribution in [1.82, 2.24) is 5.32 Å². The molecule has 0 saturated heterocycles. The van der Waals surface area contributed by atoms with Gasteiger partial charge in [-0.15, -0.1) is 0 Å². The highest BCUT2D eigenvalue weighted by atomic mass is 16.5. The van der Waals surface area contributed by atoms with Gasteiger partial charge in [-0.1, -0.05) is 6.92 Å². The van der Waals surface area contributed by atoms with Crippen molar-refractivity contribution in [3.8, 4) is 0 Å². The van der Waals surface area contributed by atoms with E-state index in [1.807, 2.05) is 19.2 Å². The van der Waals surface area contributed by atoms with Crippen molar-refractivity contribution in [3.05, 3.63) is 23.7 Å². The molecule has 0 atom stereocenters. The Morgan fingerprint density at radius 3 is 2.62 bits per heavy atom. The molecule has 1 fully saturated rings. The van der Waals surface area contributed by atoms with E-state index in [-0.39, 0.29) is 5.60 Å². The highest BCUT2D eigenvalue weighted by Gasteiger charge is 2.36. The summed E-state index contributed by atoms with van der Waals surface area (Å²) in [5.41, 5.74) is 0.0974. The highest BCUT2D eigenvalue weighted by molar-refractivity contribution is 5.07. The van der Waals surface area contributed by atoms with Gasteiger partial charge in [0.15, 0.2) is 0 Å². The summed E-state index contributed by atoms with van der Waals surface area (Å²) in [6.45, 7) is 3.82. The topological polar surface area (TPSA) is 34.4 Å². The third-order valence-corrected chi connectivity index (χ3v) is 3.51. The van der Waals surface area contributed by atoms with Crippen molar-refractivity contribution >= 4 is 0 Å². The van der Waals surface area contributed by atoms with Gasteiger partial charge in [-0.25, -0.2) is 0 Å². The van der Waals surface area contributed by atoms with Crippen molar-refractivity contribution in [2.24, 2.45) is 0 Å². The summed E-state index contributed by atoms with van der Waals surface area (Å²) in [5, 5.41) is 3.41. The first kappa shape index (κ1) is 11.7. The van der Waals surface area contributed by atoms with E-state index in [9.17, 15) is 0 Å². The number of furan rings is 1. The molecule has 1 heterocycles. The summed E-state index contributed by atoms with van der Waals surface area (Å²) in [4.78, 5) is 0. The lowest BCUT2D eigenvalue weighted by atomic mass is 9.80. The van der Waals surface area contributed by atoms with E-state index in [1.54, 1.807) is 0 Å². The van der Waals surface area contributed by atoms with Gasteiger partial charge >= 0.3 is 0 Å². The van der Waals surface area contributed by atoms with E-state index in [4.69, 9.17) is 9.15 Å². The fourth-order valence-electron chi connectivity index (χ4n) is 2.15. The van der Waals surface area contributed by atoms with Crippen LogP contribution in [0.25, 0.3) is 0 Å². The average Bonchev–Trinajstić information content (AvgIpc) is 2.70. The molecule has 3 heteroatoms. The average molecular weight is 223 g/mol. The van der Waals surface area contributed by atoms with Crippen LogP contribution in [0.5, 0.6) is 0 Å². The minimum Gasteiger partial charge on any atom is -0.465 e. The number of ether oxygens (including phenoxy) is 1. The SMILES string of the molecule is CCc1ccc(CNCC2(OC)CCC2)o1. The predicted molar refractivity (Wildman–Crippen MR) is 63.4 cm³/mol. The number of rotatable bonds is 6. The molecule has 90 valence electrons. The molecule has 0 unspecified atom stereocenters. The van der Waals surface area contributed by atoms with Gasteiger partial charge in [0.2, 0.25) is 0 Å². The van der Waals surface area contributed by atoms with Crippen LogP contribution in [0.2, 0.25) is 0 Å². The van der Waals surface area contributed by atoms with E-state index < -0.39 is 0 Å². The molecule has 1 aromatic heterocycles. The second-order valence-electron chi connectivity index (χ2n) is 4.57. The Hall–Kier alpha value is -0.800. The van der Waals surface area contributed by atoms with Crippen molar-refractivity contribution < 1.29 is 9.15 Å². The first-order valence-corrected chi connectivity index (χ1v) is 6.11. The quantitative estimate of drug-likeness (QED) is 0.804. The molecule has 1 aromatic rings. The van der Waals surface area contributed by atoms with Crippen LogP contribution in [0.1, 0.15) is 37.7 Å². The molecule has 0 aromatic carbocycles. The maximum atomic E-state index is 5.63. The van der Waals surface area contributed by atoms with Crippen molar-refractivity contribution in [2.45, 2.75) is 44.8 Å². The molecule has 0 amide bonds. The molecule has 16 heavy (non-hydrogen) atoms. The second kappa shape index (κ2) is 5.02. The maximum absolute atomic E-state index is 5.63. The Balaban J connectivity index is 1.75. The zero-order valence-corrected chi connectivity index (χ0v) is 10.2. The molecule has 0 spiro atoms. The predicted octanol–water partition coefficient (Wildman–Crippen LogP) is 2.50. The summed E-state index contributed by atoms with van der Waals surface area (Å²) >= 11 is 0. The summed E-state index contributed by atoms with van der Waals surface area (Å²) in [7, 11) is 1.81. The summed E-state index contributed by atoms with van der Waals surface area (Å²) in [6, 6.07) is 4.10. The van der Waals surface area contributed by atoms with Gasteiger partial charge in [0.05, 0.1) is 12.1 Å². The summed E-state index contributed by atoms with van der Waals surface area (Å²) in [5.74, 6) is 2.07. The molecule has 0 aliphatic heterocycles. The van der Waals surface area contributed by atoms with Gasteiger partial charge in [-0.05, 0) is 31.4 Å². The molecule has 1 N–H and O–H groups in total. The Morgan fingerprint density at radius 1 is 1.38 bits per heavy atom. The lowest BCUT2D eigenvalue weighted by Gasteiger charge is -2.40. The number of hydrogen-bond acceptors (Lipinski definition) is 3. The monoisotopic (exact) mass is 223 g/mol. The van der Waals surface area contributed by atoms with E-state index in [0.29, 0.717) is 0 Å². The first-order valence-electron chi connectivity index (χ1n) is 6.11. The van der Waals surface area contributed by atoms with Crippen LogP contribution in [0.4, 0.5) is 0 Å². The zero-order valence-electron chi connectivity index (χ0n) is 10.2. The Morgan fingerprint density at radius 2 is 2.12 bits per heavy atom. The minimum atomic E-state index is 0.0974. The van der Waals surface area contributed by atoms with Crippen LogP contribution in [-0.2, 0) is 17.7 Å². The van der Waals surface area contributed by atoms with Gasteiger partial charge in [0.1, 0.15) is 11.5 Å². The lowest BCUT2D eigenvalue weighted by molar-refractivity contribution is -0.0697. The lowest BCUT2D eigenvalue weighted by Crippen LogP contribution is -2.47. The summed E-state index contributed by atoms with van der Waals surface area (Å²) < 4.78 is 11.2. The molecule has 3 nitrogen and oxygen atoms in total. The zero-order chi connectivity index (χ0) is 11.4. The molecule has 1 aliphatic rings. The Labute approximate surface area is 97.2 Å². The summed E-state index contributed by atoms with van der Waals surface area (Å²) in [6.07, 6.45) is 4.60. The van der Waals surface area contributed by atoms with E-state index in [1.165, 1.54) is 19.3 Å². The van der Waals surface area contributed by atoms with Gasteiger partial charge in [-0.3, -0.25) is 0 Å². The second-order valence-corrected chi connectivity index (χ2v) is 4.57. The Bertz CT molecular complexity index is 323. The van der Waals surface area contributed by atoms with Crippen LogP contribution in [0.15, 0.2) is 16.5 Å². The van der Waals surface area contributed by atoms with Gasteiger partial charge in [0.25, 0.3) is 0 Å². The van der Waals surface area contributed by atoms with Crippen molar-refractivity contribution in [3.63, 3.8) is 0 Å². The third-order valence-electron chi connectivity index (χ3n) is 3.51. The number of hydrogen-bond donors (Lipinski definition) is 1. The molecule has 1 aliphatic carbocycles.